The topological polar surface area (TPSA) is 62.3 Å². The Kier molecular flexibility index (Phi) is 6.41. The van der Waals surface area contributed by atoms with Crippen LogP contribution in [0.3, 0.4) is 0 Å². The summed E-state index contributed by atoms with van der Waals surface area (Å²) in [5.41, 5.74) is 1.66. The molecule has 7 nitrogen and oxygen atoms in total. The van der Waals surface area contributed by atoms with Crippen LogP contribution in [0.15, 0.2) is 53.4 Å². The Morgan fingerprint density at radius 3 is 2.27 bits per heavy atom. The van der Waals surface area contributed by atoms with Crippen LogP contribution in [0.1, 0.15) is 18.4 Å². The molecule has 0 radical (unpaired) electrons. The number of hydrogen-bond donors (Lipinski definition) is 0. The molecular formula is C24H30FN3O4S. The van der Waals surface area contributed by atoms with Crippen molar-refractivity contribution >= 4 is 15.7 Å². The maximum atomic E-state index is 13.2. The predicted molar refractivity (Wildman–Crippen MR) is 123 cm³/mol. The molecule has 3 aliphatic rings. The highest BCUT2D eigenvalue weighted by atomic mass is 32.2. The molecule has 0 unspecified atom stereocenters. The number of ether oxygens (including phenoxy) is 2. The van der Waals surface area contributed by atoms with Gasteiger partial charge in [-0.2, -0.15) is 4.31 Å². The van der Waals surface area contributed by atoms with E-state index in [4.69, 9.17) is 9.47 Å². The third-order valence-corrected chi connectivity index (χ3v) is 8.65. The molecule has 33 heavy (non-hydrogen) atoms. The molecule has 0 aliphatic carbocycles. The summed E-state index contributed by atoms with van der Waals surface area (Å²) in [6.07, 6.45) is 1.69. The van der Waals surface area contributed by atoms with Gasteiger partial charge in [-0.1, -0.05) is 18.2 Å². The second-order valence-corrected chi connectivity index (χ2v) is 10.7. The van der Waals surface area contributed by atoms with Gasteiger partial charge in [0.1, 0.15) is 5.82 Å². The number of sulfonamides is 1. The minimum atomic E-state index is -3.57. The van der Waals surface area contributed by atoms with E-state index in [9.17, 15) is 12.8 Å². The van der Waals surface area contributed by atoms with Crippen LogP contribution in [0.4, 0.5) is 10.1 Å². The Hall–Kier alpha value is -2.04. The average Bonchev–Trinajstić information content (AvgIpc) is 3.31. The van der Waals surface area contributed by atoms with Gasteiger partial charge in [0, 0.05) is 44.0 Å². The third kappa shape index (κ3) is 4.52. The first kappa shape index (κ1) is 22.7. The standard InChI is InChI=1S/C24H30FN3O4S/c25-20-7-9-21(10-8-20)27-15-13-26(14-16-27)11-3-4-12-28-19-24(31-17-18-32-24)22-5-1-2-6-23(22)33(28,29)30/h1-2,5-10H,3-4,11-19H2. The van der Waals surface area contributed by atoms with Crippen molar-refractivity contribution in [2.24, 2.45) is 0 Å². The lowest BCUT2D eigenvalue weighted by atomic mass is 10.1. The molecule has 0 N–H and O–H groups in total. The number of rotatable bonds is 6. The van der Waals surface area contributed by atoms with E-state index >= 15 is 0 Å². The van der Waals surface area contributed by atoms with Crippen molar-refractivity contribution in [2.45, 2.75) is 23.5 Å². The largest absolute Gasteiger partial charge is 0.369 e. The Balaban J connectivity index is 1.14. The number of halogens is 1. The van der Waals surface area contributed by atoms with Gasteiger partial charge in [0.25, 0.3) is 0 Å². The van der Waals surface area contributed by atoms with Gasteiger partial charge < -0.3 is 14.4 Å². The minimum absolute atomic E-state index is 0.197. The molecule has 0 saturated carbocycles. The smallest absolute Gasteiger partial charge is 0.243 e. The van der Waals surface area contributed by atoms with E-state index in [1.54, 1.807) is 18.2 Å². The monoisotopic (exact) mass is 475 g/mol. The summed E-state index contributed by atoms with van der Waals surface area (Å²) in [4.78, 5) is 4.97. The molecule has 2 aromatic rings. The summed E-state index contributed by atoms with van der Waals surface area (Å²) in [6, 6.07) is 13.7. The normalized spacial score (nSPS) is 22.5. The molecule has 0 atom stereocenters. The Labute approximate surface area is 194 Å². The molecule has 2 aromatic carbocycles. The number of fused-ring (bicyclic) bond motifs is 2. The van der Waals surface area contributed by atoms with Crippen LogP contribution in [0.2, 0.25) is 0 Å². The lowest BCUT2D eigenvalue weighted by molar-refractivity contribution is -0.176. The van der Waals surface area contributed by atoms with Gasteiger partial charge in [-0.3, -0.25) is 4.90 Å². The summed E-state index contributed by atoms with van der Waals surface area (Å²) in [7, 11) is -3.57. The van der Waals surface area contributed by atoms with Gasteiger partial charge in [0.05, 0.1) is 24.7 Å². The van der Waals surface area contributed by atoms with E-state index in [0.29, 0.717) is 25.3 Å². The lowest BCUT2D eigenvalue weighted by Crippen LogP contribution is -2.50. The first-order chi connectivity index (χ1) is 16.0. The molecule has 0 amide bonds. The first-order valence-electron chi connectivity index (χ1n) is 11.6. The highest BCUT2D eigenvalue weighted by Gasteiger charge is 2.50. The lowest BCUT2D eigenvalue weighted by Gasteiger charge is -2.39. The van der Waals surface area contributed by atoms with E-state index in [1.165, 1.54) is 16.4 Å². The van der Waals surface area contributed by atoms with E-state index in [2.05, 4.69) is 9.80 Å². The Morgan fingerprint density at radius 2 is 1.55 bits per heavy atom. The molecule has 5 rings (SSSR count). The molecule has 3 heterocycles. The quantitative estimate of drug-likeness (QED) is 0.599. The highest BCUT2D eigenvalue weighted by molar-refractivity contribution is 7.89. The molecule has 0 aromatic heterocycles. The minimum Gasteiger partial charge on any atom is -0.369 e. The van der Waals surface area contributed by atoms with Gasteiger partial charge in [-0.15, -0.1) is 0 Å². The van der Waals surface area contributed by atoms with Crippen molar-refractivity contribution in [1.29, 1.82) is 0 Å². The number of unbranched alkanes of at least 4 members (excludes halogenated alkanes) is 1. The molecule has 178 valence electrons. The number of anilines is 1. The molecule has 1 spiro atoms. The van der Waals surface area contributed by atoms with Crippen LogP contribution in [0, 0.1) is 5.82 Å². The summed E-state index contributed by atoms with van der Waals surface area (Å²) in [6.45, 7) is 6.19. The number of benzene rings is 2. The van der Waals surface area contributed by atoms with Crippen molar-refractivity contribution in [2.75, 3.05) is 63.9 Å². The van der Waals surface area contributed by atoms with Crippen LogP contribution >= 0.6 is 0 Å². The van der Waals surface area contributed by atoms with Crippen LogP contribution in [0.25, 0.3) is 0 Å². The highest BCUT2D eigenvalue weighted by Crippen LogP contribution is 2.41. The molecule has 2 fully saturated rings. The summed E-state index contributed by atoms with van der Waals surface area (Å²) < 4.78 is 52.9. The van der Waals surface area contributed by atoms with Crippen molar-refractivity contribution in [3.05, 3.63) is 59.9 Å². The maximum Gasteiger partial charge on any atom is 0.243 e. The summed E-state index contributed by atoms with van der Waals surface area (Å²) >= 11 is 0. The third-order valence-electron chi connectivity index (χ3n) is 6.75. The van der Waals surface area contributed by atoms with Gasteiger partial charge in [0.2, 0.25) is 15.8 Å². The molecule has 0 bridgehead atoms. The second-order valence-electron chi connectivity index (χ2n) is 8.80. The van der Waals surface area contributed by atoms with Gasteiger partial charge >= 0.3 is 0 Å². The van der Waals surface area contributed by atoms with Crippen molar-refractivity contribution in [1.82, 2.24) is 9.21 Å². The zero-order valence-corrected chi connectivity index (χ0v) is 19.5. The number of piperazine rings is 1. The molecule has 9 heteroatoms. The maximum absolute atomic E-state index is 13.2. The summed E-state index contributed by atoms with van der Waals surface area (Å²) in [5.74, 6) is -1.20. The van der Waals surface area contributed by atoms with Gasteiger partial charge in [-0.05, 0) is 49.7 Å². The van der Waals surface area contributed by atoms with Crippen LogP contribution in [0.5, 0.6) is 0 Å². The van der Waals surface area contributed by atoms with E-state index in [-0.39, 0.29) is 17.3 Å². The zero-order chi connectivity index (χ0) is 22.9. The number of hydrogen-bond acceptors (Lipinski definition) is 6. The second kappa shape index (κ2) is 9.31. The van der Waals surface area contributed by atoms with E-state index in [0.717, 1.165) is 51.3 Å². The summed E-state index contributed by atoms with van der Waals surface area (Å²) in [5, 5.41) is 0. The molecule has 2 saturated heterocycles. The van der Waals surface area contributed by atoms with Crippen molar-refractivity contribution in [3.63, 3.8) is 0 Å². The van der Waals surface area contributed by atoms with Crippen LogP contribution in [-0.4, -0.2) is 76.6 Å². The average molecular weight is 476 g/mol. The van der Waals surface area contributed by atoms with E-state index < -0.39 is 15.8 Å². The fourth-order valence-corrected chi connectivity index (χ4v) is 6.69. The van der Waals surface area contributed by atoms with E-state index in [1.807, 2.05) is 18.2 Å². The molecule has 3 aliphatic heterocycles. The Bertz CT molecular complexity index is 1070. The predicted octanol–water partition coefficient (Wildman–Crippen LogP) is 2.63. The number of nitrogens with zero attached hydrogens (tertiary/aromatic N) is 3. The Morgan fingerprint density at radius 1 is 0.879 bits per heavy atom. The van der Waals surface area contributed by atoms with Crippen molar-refractivity contribution in [3.8, 4) is 0 Å². The molecular weight excluding hydrogens is 445 g/mol. The SMILES string of the molecule is O=S1(=O)c2ccccc2C2(CN1CCCCN1CCN(c3ccc(F)cc3)CC1)OCCO2. The van der Waals surface area contributed by atoms with Crippen LogP contribution < -0.4 is 4.90 Å². The first-order valence-corrected chi connectivity index (χ1v) is 13.0. The zero-order valence-electron chi connectivity index (χ0n) is 18.7. The van der Waals surface area contributed by atoms with Gasteiger partial charge in [-0.25, -0.2) is 12.8 Å². The fourth-order valence-electron chi connectivity index (χ4n) is 4.95. The fraction of sp³-hybridized carbons (Fsp3) is 0.500. The van der Waals surface area contributed by atoms with Crippen LogP contribution in [-0.2, 0) is 25.3 Å². The van der Waals surface area contributed by atoms with Gasteiger partial charge in [0.15, 0.2) is 0 Å². The van der Waals surface area contributed by atoms with Crippen molar-refractivity contribution < 1.29 is 22.3 Å².